The maximum Gasteiger partial charge on any atom is 0.145 e. The molecule has 0 unspecified atom stereocenters. The number of halogens is 3. The van der Waals surface area contributed by atoms with Crippen molar-refractivity contribution in [1.29, 1.82) is 0 Å². The first-order chi connectivity index (χ1) is 11.5. The summed E-state index contributed by atoms with van der Waals surface area (Å²) >= 11 is 5.55. The molecule has 2 aliphatic rings. The minimum atomic E-state index is -0.637. The number of aryl methyl sites for hydroxylation is 1. The fraction of sp³-hybridized carbons (Fsp3) is 0.714. The van der Waals surface area contributed by atoms with E-state index in [-0.39, 0.29) is 5.02 Å². The van der Waals surface area contributed by atoms with Crippen LogP contribution in [0.1, 0.15) is 70.3 Å². The van der Waals surface area contributed by atoms with Gasteiger partial charge in [0.05, 0.1) is 0 Å². The van der Waals surface area contributed by atoms with Crippen molar-refractivity contribution in [2.75, 3.05) is 0 Å². The fourth-order valence-corrected chi connectivity index (χ4v) is 4.94. The lowest BCUT2D eigenvalue weighted by molar-refractivity contribution is 0.148. The minimum Gasteiger partial charge on any atom is -0.205 e. The van der Waals surface area contributed by atoms with Crippen molar-refractivity contribution in [3.8, 4) is 0 Å². The van der Waals surface area contributed by atoms with E-state index in [1.807, 2.05) is 0 Å². The van der Waals surface area contributed by atoms with Gasteiger partial charge in [-0.25, -0.2) is 8.78 Å². The molecule has 0 spiro atoms. The summed E-state index contributed by atoms with van der Waals surface area (Å²) in [4.78, 5) is 0. The zero-order valence-corrected chi connectivity index (χ0v) is 15.4. The van der Waals surface area contributed by atoms with Crippen LogP contribution < -0.4 is 0 Å². The average molecular weight is 355 g/mol. The summed E-state index contributed by atoms with van der Waals surface area (Å²) in [5, 5.41) is -0.388. The Bertz CT molecular complexity index is 518. The van der Waals surface area contributed by atoms with E-state index in [1.165, 1.54) is 63.5 Å². The summed E-state index contributed by atoms with van der Waals surface area (Å²) in [7, 11) is 0. The van der Waals surface area contributed by atoms with Crippen LogP contribution in [0.15, 0.2) is 12.1 Å². The fourth-order valence-electron chi connectivity index (χ4n) is 4.83. The van der Waals surface area contributed by atoms with Gasteiger partial charge in [-0.3, -0.25) is 0 Å². The van der Waals surface area contributed by atoms with E-state index < -0.39 is 11.6 Å². The molecule has 0 aromatic heterocycles. The second kappa shape index (κ2) is 8.17. The summed E-state index contributed by atoms with van der Waals surface area (Å²) in [6.45, 7) is 2.38. The Labute approximate surface area is 150 Å². The van der Waals surface area contributed by atoms with Crippen molar-refractivity contribution in [1.82, 2.24) is 0 Å². The van der Waals surface area contributed by atoms with Gasteiger partial charge in [-0.05, 0) is 79.9 Å². The third-order valence-electron chi connectivity index (χ3n) is 6.50. The van der Waals surface area contributed by atoms with Crippen LogP contribution in [0.2, 0.25) is 5.02 Å². The molecule has 0 atom stereocenters. The molecule has 0 aliphatic heterocycles. The van der Waals surface area contributed by atoms with Gasteiger partial charge in [0.2, 0.25) is 0 Å². The second-order valence-corrected chi connectivity index (χ2v) is 8.59. The van der Waals surface area contributed by atoms with Crippen molar-refractivity contribution in [3.63, 3.8) is 0 Å². The zero-order valence-electron chi connectivity index (χ0n) is 14.7. The normalized spacial score (nSPS) is 31.2. The van der Waals surface area contributed by atoms with Crippen LogP contribution in [0.25, 0.3) is 0 Å². The van der Waals surface area contributed by atoms with Gasteiger partial charge in [-0.2, -0.15) is 0 Å². The highest BCUT2D eigenvalue weighted by Gasteiger charge is 2.29. The first-order valence-corrected chi connectivity index (χ1v) is 10.0. The minimum absolute atomic E-state index is 0.388. The lowest BCUT2D eigenvalue weighted by Gasteiger charge is -2.37. The largest absolute Gasteiger partial charge is 0.205 e. The molecule has 2 saturated carbocycles. The molecule has 0 heterocycles. The van der Waals surface area contributed by atoms with Crippen LogP contribution in [0.4, 0.5) is 8.78 Å². The predicted octanol–water partition coefficient (Wildman–Crippen LogP) is 7.18. The average Bonchev–Trinajstić information content (AvgIpc) is 2.59. The Balaban J connectivity index is 1.44. The monoisotopic (exact) mass is 354 g/mol. The van der Waals surface area contributed by atoms with Gasteiger partial charge in [0.15, 0.2) is 0 Å². The number of hydrogen-bond acceptors (Lipinski definition) is 0. The van der Waals surface area contributed by atoms with Crippen LogP contribution in [-0.2, 0) is 6.42 Å². The molecule has 1 aromatic carbocycles. The maximum absolute atomic E-state index is 13.5. The zero-order chi connectivity index (χ0) is 17.1. The van der Waals surface area contributed by atoms with Crippen molar-refractivity contribution < 1.29 is 8.78 Å². The summed E-state index contributed by atoms with van der Waals surface area (Å²) in [6, 6.07) is 2.78. The van der Waals surface area contributed by atoms with Crippen molar-refractivity contribution in [2.24, 2.45) is 23.7 Å². The SMILES string of the molecule is CC1CCC(C2CCC(CCc3cc(F)c(Cl)c(F)c3)CC2)CC1. The molecule has 0 nitrogen and oxygen atoms in total. The van der Waals surface area contributed by atoms with Crippen molar-refractivity contribution in [2.45, 2.75) is 71.1 Å². The van der Waals surface area contributed by atoms with Gasteiger partial charge < -0.3 is 0 Å². The molecule has 2 aliphatic carbocycles. The van der Waals surface area contributed by atoms with Crippen molar-refractivity contribution >= 4 is 11.6 Å². The summed E-state index contributed by atoms with van der Waals surface area (Å²) < 4.78 is 27.0. The molecule has 0 saturated heterocycles. The summed E-state index contributed by atoms with van der Waals surface area (Å²) in [5.41, 5.74) is 0.734. The van der Waals surface area contributed by atoms with Crippen LogP contribution in [-0.4, -0.2) is 0 Å². The Kier molecular flexibility index (Phi) is 6.18. The molecule has 3 rings (SSSR count). The Morgan fingerprint density at radius 3 is 1.92 bits per heavy atom. The quantitative estimate of drug-likeness (QED) is 0.502. The van der Waals surface area contributed by atoms with E-state index in [4.69, 9.17) is 11.6 Å². The van der Waals surface area contributed by atoms with Crippen LogP contribution in [0.5, 0.6) is 0 Å². The molecule has 3 heteroatoms. The maximum atomic E-state index is 13.5. The molecule has 0 radical (unpaired) electrons. The number of hydrogen-bond donors (Lipinski definition) is 0. The first-order valence-electron chi connectivity index (χ1n) is 9.66. The molecule has 0 amide bonds. The molecule has 0 N–H and O–H groups in total. The lowest BCUT2D eigenvalue weighted by Crippen LogP contribution is -2.25. The summed E-state index contributed by atoms with van der Waals surface area (Å²) in [6.07, 6.45) is 12.8. The van der Waals surface area contributed by atoms with Gasteiger partial charge >= 0.3 is 0 Å². The van der Waals surface area contributed by atoms with Crippen LogP contribution >= 0.6 is 11.6 Å². The highest BCUT2D eigenvalue weighted by molar-refractivity contribution is 6.30. The van der Waals surface area contributed by atoms with Gasteiger partial charge in [0.25, 0.3) is 0 Å². The first kappa shape index (κ1) is 18.2. The molecule has 134 valence electrons. The van der Waals surface area contributed by atoms with Gasteiger partial charge in [0.1, 0.15) is 16.7 Å². The molecule has 2 fully saturated rings. The van der Waals surface area contributed by atoms with E-state index in [1.54, 1.807) is 0 Å². The number of benzene rings is 1. The van der Waals surface area contributed by atoms with Crippen LogP contribution in [0, 0.1) is 35.3 Å². The van der Waals surface area contributed by atoms with E-state index in [0.717, 1.165) is 36.2 Å². The van der Waals surface area contributed by atoms with Crippen LogP contribution in [0.3, 0.4) is 0 Å². The molecular weight excluding hydrogens is 326 g/mol. The van der Waals surface area contributed by atoms with E-state index in [9.17, 15) is 8.78 Å². The molecule has 24 heavy (non-hydrogen) atoms. The van der Waals surface area contributed by atoms with Crippen molar-refractivity contribution in [3.05, 3.63) is 34.4 Å². The number of rotatable bonds is 4. The van der Waals surface area contributed by atoms with E-state index >= 15 is 0 Å². The molecule has 0 bridgehead atoms. The lowest BCUT2D eigenvalue weighted by atomic mass is 9.69. The Hall–Kier alpha value is -0.630. The smallest absolute Gasteiger partial charge is 0.145 e. The standard InChI is InChI=1S/C21H29ClF2/c1-14-2-8-17(9-3-14)18-10-6-15(7-11-18)4-5-16-12-19(23)21(22)20(24)13-16/h12-15,17-18H,2-11H2,1H3. The highest BCUT2D eigenvalue weighted by atomic mass is 35.5. The van der Waals surface area contributed by atoms with Gasteiger partial charge in [0, 0.05) is 0 Å². The Morgan fingerprint density at radius 2 is 1.38 bits per heavy atom. The van der Waals surface area contributed by atoms with Gasteiger partial charge in [-0.15, -0.1) is 0 Å². The molecule has 1 aromatic rings. The Morgan fingerprint density at radius 1 is 0.875 bits per heavy atom. The second-order valence-electron chi connectivity index (χ2n) is 8.21. The van der Waals surface area contributed by atoms with E-state index in [0.29, 0.717) is 5.92 Å². The predicted molar refractivity (Wildman–Crippen MR) is 96.3 cm³/mol. The third kappa shape index (κ3) is 4.50. The third-order valence-corrected chi connectivity index (χ3v) is 6.86. The summed E-state index contributed by atoms with van der Waals surface area (Å²) in [5.74, 6) is 2.26. The highest BCUT2D eigenvalue weighted by Crippen LogP contribution is 2.42. The van der Waals surface area contributed by atoms with E-state index in [2.05, 4.69) is 6.92 Å². The van der Waals surface area contributed by atoms with Gasteiger partial charge in [-0.1, -0.05) is 44.2 Å². The topological polar surface area (TPSA) is 0 Å². The molecular formula is C21H29ClF2.